The molecule has 1 heterocycles. The number of hydrogen-bond acceptors (Lipinski definition) is 3. The Labute approximate surface area is 83.4 Å². The average Bonchev–Trinajstić information content (AvgIpc) is 2.04. The van der Waals surface area contributed by atoms with Gasteiger partial charge in [-0.3, -0.25) is 10.1 Å². The standard InChI is InChI=1S/C6H10INO2S/c1-6(2)3(4(9)10)8-5(7)11-6/h3,5,8H,1-2H3,(H,9,10). The molecule has 2 N–H and O–H groups in total. The van der Waals surface area contributed by atoms with Gasteiger partial charge in [-0.2, -0.15) is 0 Å². The van der Waals surface area contributed by atoms with Gasteiger partial charge in [-0.15, -0.1) is 11.8 Å². The Balaban J connectivity index is 2.74. The van der Waals surface area contributed by atoms with E-state index in [0.717, 1.165) is 0 Å². The van der Waals surface area contributed by atoms with E-state index in [-0.39, 0.29) is 8.13 Å². The number of carboxylic acid groups (broad SMARTS) is 1. The molecular weight excluding hydrogens is 277 g/mol. The summed E-state index contributed by atoms with van der Waals surface area (Å²) in [6.07, 6.45) is 0. The molecule has 0 saturated carbocycles. The largest absolute Gasteiger partial charge is 0.480 e. The minimum absolute atomic E-state index is 0.197. The third-order valence-electron chi connectivity index (χ3n) is 1.65. The van der Waals surface area contributed by atoms with Crippen molar-refractivity contribution in [3.05, 3.63) is 0 Å². The van der Waals surface area contributed by atoms with Gasteiger partial charge in [0.05, 0.1) is 0 Å². The van der Waals surface area contributed by atoms with Gasteiger partial charge in [0.25, 0.3) is 0 Å². The summed E-state index contributed by atoms with van der Waals surface area (Å²) in [4.78, 5) is 10.7. The van der Waals surface area contributed by atoms with E-state index in [1.54, 1.807) is 11.8 Å². The molecule has 0 amide bonds. The smallest absolute Gasteiger partial charge is 0.322 e. The fourth-order valence-corrected chi connectivity index (χ4v) is 4.44. The highest BCUT2D eigenvalue weighted by Crippen LogP contribution is 2.40. The molecule has 0 aliphatic carbocycles. The van der Waals surface area contributed by atoms with E-state index in [0.29, 0.717) is 0 Å². The van der Waals surface area contributed by atoms with Crippen LogP contribution in [0.4, 0.5) is 0 Å². The van der Waals surface area contributed by atoms with Crippen LogP contribution in [0.15, 0.2) is 0 Å². The number of carbonyl (C=O) groups is 1. The van der Waals surface area contributed by atoms with E-state index >= 15 is 0 Å². The molecule has 5 heteroatoms. The average molecular weight is 287 g/mol. The molecule has 0 radical (unpaired) electrons. The summed E-state index contributed by atoms with van der Waals surface area (Å²) in [5, 5.41) is 11.8. The zero-order valence-corrected chi connectivity index (χ0v) is 9.27. The molecule has 1 fully saturated rings. The quantitative estimate of drug-likeness (QED) is 0.433. The van der Waals surface area contributed by atoms with Crippen LogP contribution in [0.1, 0.15) is 13.8 Å². The number of nitrogens with one attached hydrogen (secondary N) is 1. The van der Waals surface area contributed by atoms with Crippen LogP contribution in [-0.2, 0) is 4.79 Å². The molecular formula is C6H10INO2S. The molecule has 0 aromatic rings. The first kappa shape index (κ1) is 9.60. The summed E-state index contributed by atoms with van der Waals surface area (Å²) in [5.74, 6) is -0.762. The number of aliphatic carboxylic acids is 1. The molecule has 2 unspecified atom stereocenters. The number of alkyl halides is 1. The van der Waals surface area contributed by atoms with Crippen molar-refractivity contribution in [3.8, 4) is 0 Å². The summed E-state index contributed by atoms with van der Waals surface area (Å²) in [6, 6.07) is -0.422. The van der Waals surface area contributed by atoms with Crippen LogP contribution in [0, 0.1) is 0 Å². The first-order chi connectivity index (χ1) is 4.93. The van der Waals surface area contributed by atoms with Gasteiger partial charge in [-0.1, -0.05) is 22.6 Å². The van der Waals surface area contributed by atoms with Gasteiger partial charge in [0, 0.05) is 4.75 Å². The molecule has 0 aromatic heterocycles. The predicted molar refractivity (Wildman–Crippen MR) is 54.0 cm³/mol. The van der Waals surface area contributed by atoms with Crippen molar-refractivity contribution in [2.75, 3.05) is 0 Å². The molecule has 3 nitrogen and oxygen atoms in total. The van der Waals surface area contributed by atoms with Gasteiger partial charge < -0.3 is 5.11 Å². The lowest BCUT2D eigenvalue weighted by molar-refractivity contribution is -0.139. The monoisotopic (exact) mass is 287 g/mol. The first-order valence-electron chi connectivity index (χ1n) is 3.24. The lowest BCUT2D eigenvalue weighted by Gasteiger charge is -2.20. The van der Waals surface area contributed by atoms with E-state index in [1.807, 2.05) is 13.8 Å². The van der Waals surface area contributed by atoms with Crippen LogP contribution >= 0.6 is 34.4 Å². The lowest BCUT2D eigenvalue weighted by Crippen LogP contribution is -2.44. The van der Waals surface area contributed by atoms with Gasteiger partial charge >= 0.3 is 5.97 Å². The van der Waals surface area contributed by atoms with E-state index < -0.39 is 12.0 Å². The number of rotatable bonds is 1. The third-order valence-corrected chi connectivity index (χ3v) is 3.96. The highest BCUT2D eigenvalue weighted by Gasteiger charge is 2.44. The van der Waals surface area contributed by atoms with Crippen LogP contribution in [-0.4, -0.2) is 25.2 Å². The zero-order valence-electron chi connectivity index (χ0n) is 6.30. The maximum atomic E-state index is 10.7. The summed E-state index contributed by atoms with van der Waals surface area (Å²) in [6.45, 7) is 3.89. The minimum Gasteiger partial charge on any atom is -0.480 e. The SMILES string of the molecule is CC1(C)SC(I)NC1C(=O)O. The maximum absolute atomic E-state index is 10.7. The van der Waals surface area contributed by atoms with Gasteiger partial charge in [0.15, 0.2) is 0 Å². The third kappa shape index (κ3) is 2.00. The van der Waals surface area contributed by atoms with Crippen LogP contribution in [0.3, 0.4) is 0 Å². The Morgan fingerprint density at radius 3 is 2.45 bits per heavy atom. The molecule has 1 aliphatic rings. The molecule has 0 spiro atoms. The number of hydrogen-bond donors (Lipinski definition) is 2. The summed E-state index contributed by atoms with van der Waals surface area (Å²) in [5.41, 5.74) is 0. The Hall–Kier alpha value is 0.510. The molecule has 1 aliphatic heterocycles. The van der Waals surface area contributed by atoms with E-state index in [4.69, 9.17) is 5.11 Å². The van der Waals surface area contributed by atoms with Crippen LogP contribution in [0.2, 0.25) is 0 Å². The van der Waals surface area contributed by atoms with Gasteiger partial charge in [0.1, 0.15) is 9.42 Å². The highest BCUT2D eigenvalue weighted by atomic mass is 127. The van der Waals surface area contributed by atoms with Gasteiger partial charge in [-0.05, 0) is 13.8 Å². The minimum atomic E-state index is -0.762. The molecule has 1 rings (SSSR count). The Bertz CT molecular complexity index is 185. The van der Waals surface area contributed by atoms with Gasteiger partial charge in [0.2, 0.25) is 0 Å². The predicted octanol–water partition coefficient (Wildman–Crippen LogP) is 1.27. The zero-order chi connectivity index (χ0) is 8.65. The second-order valence-corrected chi connectivity index (χ2v) is 6.83. The van der Waals surface area contributed by atoms with Crippen molar-refractivity contribution in [1.29, 1.82) is 0 Å². The summed E-state index contributed by atoms with van der Waals surface area (Å²) < 4.78 is 0.0150. The van der Waals surface area contributed by atoms with Crippen LogP contribution < -0.4 is 5.32 Å². The molecule has 0 aromatic carbocycles. The molecule has 1 saturated heterocycles. The Morgan fingerprint density at radius 1 is 1.73 bits per heavy atom. The second-order valence-electron chi connectivity index (χ2n) is 2.98. The Morgan fingerprint density at radius 2 is 2.27 bits per heavy atom. The molecule has 64 valence electrons. The first-order valence-corrected chi connectivity index (χ1v) is 5.37. The second kappa shape index (κ2) is 3.10. The Kier molecular flexibility index (Phi) is 2.70. The molecule has 11 heavy (non-hydrogen) atoms. The molecule has 0 bridgehead atoms. The fourth-order valence-electron chi connectivity index (χ4n) is 1.07. The van der Waals surface area contributed by atoms with Crippen molar-refractivity contribution in [2.45, 2.75) is 28.0 Å². The lowest BCUT2D eigenvalue weighted by atomic mass is 10.0. The summed E-state index contributed by atoms with van der Waals surface area (Å²) >= 11 is 3.85. The van der Waals surface area contributed by atoms with Gasteiger partial charge in [-0.25, -0.2) is 0 Å². The van der Waals surface area contributed by atoms with Crippen molar-refractivity contribution >= 4 is 40.3 Å². The van der Waals surface area contributed by atoms with Crippen molar-refractivity contribution in [2.24, 2.45) is 0 Å². The van der Waals surface area contributed by atoms with Crippen LogP contribution in [0.5, 0.6) is 0 Å². The number of carboxylic acids is 1. The molecule has 2 atom stereocenters. The fraction of sp³-hybridized carbons (Fsp3) is 0.833. The van der Waals surface area contributed by atoms with E-state index in [1.165, 1.54) is 0 Å². The summed E-state index contributed by atoms with van der Waals surface area (Å²) in [7, 11) is 0. The van der Waals surface area contributed by atoms with E-state index in [2.05, 4.69) is 27.9 Å². The number of halogens is 1. The van der Waals surface area contributed by atoms with Crippen LogP contribution in [0.25, 0.3) is 0 Å². The van der Waals surface area contributed by atoms with E-state index in [9.17, 15) is 4.79 Å². The number of thioether (sulfide) groups is 1. The van der Waals surface area contributed by atoms with Crippen molar-refractivity contribution < 1.29 is 9.90 Å². The van der Waals surface area contributed by atoms with Crippen molar-refractivity contribution in [3.63, 3.8) is 0 Å². The highest BCUT2D eigenvalue weighted by molar-refractivity contribution is 14.1. The maximum Gasteiger partial charge on any atom is 0.322 e. The van der Waals surface area contributed by atoms with Crippen molar-refractivity contribution in [1.82, 2.24) is 5.32 Å². The normalized spacial score (nSPS) is 35.5. The topological polar surface area (TPSA) is 49.3 Å².